The average molecular weight is 203 g/mol. The van der Waals surface area contributed by atoms with Gasteiger partial charge in [-0.1, -0.05) is 13.8 Å². The standard InChI is InChI=1S/C10H21NO3/c1-9(2,7(11)8(12)13)6-10(3,4)14-5/h7H,6,11H2,1-5H3,(H,12,13). The van der Waals surface area contributed by atoms with Crippen LogP contribution in [0.4, 0.5) is 0 Å². The van der Waals surface area contributed by atoms with Crippen molar-refractivity contribution >= 4 is 5.97 Å². The molecule has 0 radical (unpaired) electrons. The van der Waals surface area contributed by atoms with Crippen LogP contribution in [0.3, 0.4) is 0 Å². The normalized spacial score (nSPS) is 15.3. The van der Waals surface area contributed by atoms with E-state index >= 15 is 0 Å². The molecular formula is C10H21NO3. The Balaban J connectivity index is 4.56. The van der Waals surface area contributed by atoms with E-state index in [0.29, 0.717) is 6.42 Å². The minimum absolute atomic E-state index is 0.351. The average Bonchev–Trinajstić information content (AvgIpc) is 2.01. The van der Waals surface area contributed by atoms with Crippen LogP contribution < -0.4 is 5.73 Å². The maximum Gasteiger partial charge on any atom is 0.321 e. The van der Waals surface area contributed by atoms with E-state index in [-0.39, 0.29) is 5.60 Å². The van der Waals surface area contributed by atoms with Gasteiger partial charge in [-0.2, -0.15) is 0 Å². The first-order valence-electron chi connectivity index (χ1n) is 4.66. The van der Waals surface area contributed by atoms with Gasteiger partial charge in [-0.25, -0.2) is 0 Å². The third-order valence-corrected chi connectivity index (χ3v) is 2.54. The summed E-state index contributed by atoms with van der Waals surface area (Å²) in [6.07, 6.45) is 0.601. The zero-order valence-electron chi connectivity index (χ0n) is 9.63. The molecule has 0 rings (SSSR count). The van der Waals surface area contributed by atoms with Gasteiger partial charge in [0.1, 0.15) is 6.04 Å². The fourth-order valence-electron chi connectivity index (χ4n) is 1.61. The highest BCUT2D eigenvalue weighted by Gasteiger charge is 2.37. The van der Waals surface area contributed by atoms with E-state index in [1.807, 2.05) is 27.7 Å². The molecule has 0 bridgehead atoms. The first-order valence-corrected chi connectivity index (χ1v) is 4.66. The van der Waals surface area contributed by atoms with E-state index in [0.717, 1.165) is 0 Å². The Morgan fingerprint density at radius 3 is 2.14 bits per heavy atom. The molecule has 4 nitrogen and oxygen atoms in total. The van der Waals surface area contributed by atoms with Crippen molar-refractivity contribution in [3.63, 3.8) is 0 Å². The van der Waals surface area contributed by atoms with E-state index in [1.165, 1.54) is 0 Å². The van der Waals surface area contributed by atoms with Crippen LogP contribution in [0.1, 0.15) is 34.1 Å². The van der Waals surface area contributed by atoms with Crippen molar-refractivity contribution < 1.29 is 14.6 Å². The van der Waals surface area contributed by atoms with Crippen LogP contribution in [0.25, 0.3) is 0 Å². The number of hydrogen-bond donors (Lipinski definition) is 2. The number of aliphatic carboxylic acids is 1. The van der Waals surface area contributed by atoms with Gasteiger partial charge < -0.3 is 15.6 Å². The van der Waals surface area contributed by atoms with Gasteiger partial charge in [0.15, 0.2) is 0 Å². The SMILES string of the molecule is COC(C)(C)CC(C)(C)C(N)C(=O)O. The summed E-state index contributed by atoms with van der Waals surface area (Å²) in [5, 5.41) is 8.82. The van der Waals surface area contributed by atoms with Gasteiger partial charge in [0.05, 0.1) is 5.60 Å². The van der Waals surface area contributed by atoms with Crippen molar-refractivity contribution in [2.75, 3.05) is 7.11 Å². The second kappa shape index (κ2) is 4.28. The van der Waals surface area contributed by atoms with Crippen molar-refractivity contribution in [3.8, 4) is 0 Å². The highest BCUT2D eigenvalue weighted by molar-refractivity contribution is 5.74. The van der Waals surface area contributed by atoms with Crippen LogP contribution in [0.15, 0.2) is 0 Å². The van der Waals surface area contributed by atoms with E-state index < -0.39 is 17.4 Å². The fourth-order valence-corrected chi connectivity index (χ4v) is 1.61. The maximum absolute atomic E-state index is 10.8. The number of ether oxygens (including phenoxy) is 1. The predicted molar refractivity (Wildman–Crippen MR) is 55.1 cm³/mol. The Labute approximate surface area is 85.4 Å². The molecule has 0 aromatic heterocycles. The highest BCUT2D eigenvalue weighted by Crippen LogP contribution is 2.32. The molecule has 0 spiro atoms. The van der Waals surface area contributed by atoms with Crippen molar-refractivity contribution in [2.24, 2.45) is 11.1 Å². The van der Waals surface area contributed by atoms with Crippen LogP contribution in [0.2, 0.25) is 0 Å². The van der Waals surface area contributed by atoms with Gasteiger partial charge in [-0.3, -0.25) is 4.79 Å². The third kappa shape index (κ3) is 3.64. The van der Waals surface area contributed by atoms with Crippen LogP contribution in [-0.2, 0) is 9.53 Å². The van der Waals surface area contributed by atoms with Gasteiger partial charge >= 0.3 is 5.97 Å². The van der Waals surface area contributed by atoms with Crippen molar-refractivity contribution in [1.82, 2.24) is 0 Å². The molecule has 1 atom stereocenters. The monoisotopic (exact) mass is 203 g/mol. The van der Waals surface area contributed by atoms with E-state index in [1.54, 1.807) is 7.11 Å². The quantitative estimate of drug-likeness (QED) is 0.705. The molecule has 0 amide bonds. The Hall–Kier alpha value is -0.610. The van der Waals surface area contributed by atoms with Gasteiger partial charge in [-0.05, 0) is 25.7 Å². The molecule has 0 fully saturated rings. The lowest BCUT2D eigenvalue weighted by Crippen LogP contribution is -2.47. The first-order chi connectivity index (χ1) is 6.12. The zero-order chi connectivity index (χ0) is 11.6. The molecule has 0 aliphatic rings. The van der Waals surface area contributed by atoms with E-state index in [2.05, 4.69) is 0 Å². The zero-order valence-corrected chi connectivity index (χ0v) is 9.63. The van der Waals surface area contributed by atoms with Crippen LogP contribution in [-0.4, -0.2) is 29.8 Å². The molecule has 4 heteroatoms. The van der Waals surface area contributed by atoms with Crippen molar-refractivity contribution in [1.29, 1.82) is 0 Å². The summed E-state index contributed by atoms with van der Waals surface area (Å²) in [4.78, 5) is 10.8. The molecule has 3 N–H and O–H groups in total. The van der Waals surface area contributed by atoms with Crippen LogP contribution in [0.5, 0.6) is 0 Å². The number of carboxylic acid groups (broad SMARTS) is 1. The Bertz CT molecular complexity index is 211. The molecule has 0 saturated heterocycles. The molecule has 0 aromatic carbocycles. The molecule has 0 aliphatic carbocycles. The van der Waals surface area contributed by atoms with Crippen LogP contribution >= 0.6 is 0 Å². The molecular weight excluding hydrogens is 182 g/mol. The summed E-state index contributed by atoms with van der Waals surface area (Å²) in [6.45, 7) is 7.52. The summed E-state index contributed by atoms with van der Waals surface area (Å²) in [6, 6.07) is -0.864. The third-order valence-electron chi connectivity index (χ3n) is 2.54. The molecule has 0 aliphatic heterocycles. The van der Waals surface area contributed by atoms with Gasteiger partial charge in [0, 0.05) is 7.11 Å². The lowest BCUT2D eigenvalue weighted by molar-refractivity contribution is -0.142. The van der Waals surface area contributed by atoms with Crippen molar-refractivity contribution in [2.45, 2.75) is 45.8 Å². The molecule has 0 heterocycles. The summed E-state index contributed by atoms with van der Waals surface area (Å²) < 4.78 is 5.25. The smallest absolute Gasteiger partial charge is 0.321 e. The van der Waals surface area contributed by atoms with E-state index in [9.17, 15) is 4.79 Å². The second-order valence-electron chi connectivity index (χ2n) is 4.95. The Morgan fingerprint density at radius 2 is 1.86 bits per heavy atom. The topological polar surface area (TPSA) is 72.5 Å². The molecule has 14 heavy (non-hydrogen) atoms. The Morgan fingerprint density at radius 1 is 1.43 bits per heavy atom. The number of methoxy groups -OCH3 is 1. The van der Waals surface area contributed by atoms with Crippen molar-refractivity contribution in [3.05, 3.63) is 0 Å². The summed E-state index contributed by atoms with van der Waals surface area (Å²) in [5.41, 5.74) is 4.77. The molecule has 1 unspecified atom stereocenters. The number of nitrogens with two attached hydrogens (primary N) is 1. The fraction of sp³-hybridized carbons (Fsp3) is 0.900. The minimum Gasteiger partial charge on any atom is -0.480 e. The second-order valence-corrected chi connectivity index (χ2v) is 4.95. The number of carboxylic acids is 1. The van der Waals surface area contributed by atoms with Gasteiger partial charge in [-0.15, -0.1) is 0 Å². The maximum atomic E-state index is 10.8. The van der Waals surface area contributed by atoms with Crippen LogP contribution in [0, 0.1) is 5.41 Å². The Kier molecular flexibility index (Phi) is 4.09. The lowest BCUT2D eigenvalue weighted by atomic mass is 9.76. The number of rotatable bonds is 5. The first kappa shape index (κ1) is 13.4. The largest absolute Gasteiger partial charge is 0.480 e. The predicted octanol–water partition coefficient (Wildman–Crippen LogP) is 1.24. The lowest BCUT2D eigenvalue weighted by Gasteiger charge is -2.36. The number of hydrogen-bond acceptors (Lipinski definition) is 3. The minimum atomic E-state index is -0.970. The molecule has 0 aromatic rings. The molecule has 0 saturated carbocycles. The summed E-state index contributed by atoms with van der Waals surface area (Å²) in [5.74, 6) is -0.970. The highest BCUT2D eigenvalue weighted by atomic mass is 16.5. The van der Waals surface area contributed by atoms with Gasteiger partial charge in [0.25, 0.3) is 0 Å². The molecule has 84 valence electrons. The van der Waals surface area contributed by atoms with E-state index in [4.69, 9.17) is 15.6 Å². The summed E-state index contributed by atoms with van der Waals surface area (Å²) in [7, 11) is 1.61. The van der Waals surface area contributed by atoms with Gasteiger partial charge in [0.2, 0.25) is 0 Å². The number of carbonyl (C=O) groups is 1. The summed E-state index contributed by atoms with van der Waals surface area (Å²) >= 11 is 0.